The summed E-state index contributed by atoms with van der Waals surface area (Å²) in [6.45, 7) is 2.46. The molecule has 1 aliphatic heterocycles. The van der Waals surface area contributed by atoms with Crippen molar-refractivity contribution in [2.24, 2.45) is 11.7 Å². The van der Waals surface area contributed by atoms with Crippen LogP contribution < -0.4 is 20.5 Å². The van der Waals surface area contributed by atoms with E-state index in [9.17, 15) is 4.79 Å². The molecule has 5 nitrogen and oxygen atoms in total. The zero-order valence-corrected chi connectivity index (χ0v) is 12.7. The van der Waals surface area contributed by atoms with E-state index in [-0.39, 0.29) is 24.2 Å². The van der Waals surface area contributed by atoms with Crippen molar-refractivity contribution in [3.05, 3.63) is 23.8 Å². The molecule has 1 saturated carbocycles. The number of carbonyl (C=O) groups excluding carboxylic acids is 1. The Labute approximate surface area is 130 Å². The Bertz CT molecular complexity index is 510. The van der Waals surface area contributed by atoms with Crippen molar-refractivity contribution in [1.82, 2.24) is 5.32 Å². The highest BCUT2D eigenvalue weighted by molar-refractivity contribution is 5.85. The van der Waals surface area contributed by atoms with Gasteiger partial charge in [-0.25, -0.2) is 0 Å². The molecule has 0 bridgehead atoms. The van der Waals surface area contributed by atoms with Crippen LogP contribution in [0.2, 0.25) is 0 Å². The van der Waals surface area contributed by atoms with Crippen molar-refractivity contribution in [1.29, 1.82) is 0 Å². The average Bonchev–Trinajstić information content (AvgIpc) is 3.27. The monoisotopic (exact) mass is 312 g/mol. The largest absolute Gasteiger partial charge is 0.486 e. The molecule has 21 heavy (non-hydrogen) atoms. The number of hydrogen-bond acceptors (Lipinski definition) is 4. The molecule has 6 heteroatoms. The van der Waals surface area contributed by atoms with Crippen molar-refractivity contribution in [2.75, 3.05) is 26.3 Å². The molecule has 1 amide bonds. The van der Waals surface area contributed by atoms with Gasteiger partial charge in [-0.05, 0) is 43.0 Å². The van der Waals surface area contributed by atoms with Crippen LogP contribution in [-0.4, -0.2) is 32.2 Å². The van der Waals surface area contributed by atoms with Crippen LogP contribution in [0.4, 0.5) is 0 Å². The number of hydrogen-bond donors (Lipinski definition) is 2. The summed E-state index contributed by atoms with van der Waals surface area (Å²) in [5.41, 5.74) is 6.57. The standard InChI is InChI=1S/C15H20N2O3.ClH/c16-4-1-5-17-15(18)12-9-11(12)10-2-3-13-14(8-10)20-7-6-19-13;/h2-3,8,11-12H,1,4-7,9,16H2,(H,17,18);1H. The van der Waals surface area contributed by atoms with Crippen LogP contribution in [0.1, 0.15) is 24.3 Å². The van der Waals surface area contributed by atoms with Gasteiger partial charge in [0.25, 0.3) is 0 Å². The second-order valence-electron chi connectivity index (χ2n) is 5.29. The van der Waals surface area contributed by atoms with Crippen LogP contribution in [0.25, 0.3) is 0 Å². The Kier molecular flexibility index (Phi) is 5.31. The molecule has 1 aliphatic carbocycles. The summed E-state index contributed by atoms with van der Waals surface area (Å²) < 4.78 is 11.1. The highest BCUT2D eigenvalue weighted by Crippen LogP contribution is 2.49. The molecule has 2 unspecified atom stereocenters. The van der Waals surface area contributed by atoms with Crippen LogP contribution >= 0.6 is 12.4 Å². The van der Waals surface area contributed by atoms with Gasteiger partial charge < -0.3 is 20.5 Å². The topological polar surface area (TPSA) is 73.6 Å². The molecule has 0 aromatic heterocycles. The molecule has 2 atom stereocenters. The number of amides is 1. The van der Waals surface area contributed by atoms with Gasteiger partial charge in [-0.15, -0.1) is 12.4 Å². The summed E-state index contributed by atoms with van der Waals surface area (Å²) in [5, 5.41) is 2.93. The van der Waals surface area contributed by atoms with Crippen LogP contribution in [0.3, 0.4) is 0 Å². The number of carbonyl (C=O) groups is 1. The third kappa shape index (κ3) is 3.60. The SMILES string of the molecule is Cl.NCCCNC(=O)C1CC1c1ccc2c(c1)OCCO2. The fraction of sp³-hybridized carbons (Fsp3) is 0.533. The molecule has 0 saturated heterocycles. The molecule has 1 aromatic carbocycles. The minimum absolute atomic E-state index is 0. The first-order valence-corrected chi connectivity index (χ1v) is 7.17. The normalized spacial score (nSPS) is 22.1. The Hall–Kier alpha value is -1.46. The number of halogens is 1. The molecule has 116 valence electrons. The van der Waals surface area contributed by atoms with Gasteiger partial charge in [0.15, 0.2) is 11.5 Å². The first kappa shape index (κ1) is 15.9. The summed E-state index contributed by atoms with van der Waals surface area (Å²) in [5.74, 6) is 2.13. The minimum Gasteiger partial charge on any atom is -0.486 e. The Morgan fingerprint density at radius 1 is 1.29 bits per heavy atom. The summed E-state index contributed by atoms with van der Waals surface area (Å²) >= 11 is 0. The predicted octanol–water partition coefficient (Wildman–Crippen LogP) is 1.45. The third-order valence-electron chi connectivity index (χ3n) is 3.80. The van der Waals surface area contributed by atoms with E-state index < -0.39 is 0 Å². The van der Waals surface area contributed by atoms with E-state index in [4.69, 9.17) is 15.2 Å². The van der Waals surface area contributed by atoms with E-state index in [1.165, 1.54) is 0 Å². The van der Waals surface area contributed by atoms with E-state index in [0.717, 1.165) is 29.9 Å². The van der Waals surface area contributed by atoms with E-state index in [0.29, 0.717) is 32.2 Å². The highest BCUT2D eigenvalue weighted by atomic mass is 35.5. The molecule has 0 spiro atoms. The van der Waals surface area contributed by atoms with Crippen molar-refractivity contribution < 1.29 is 14.3 Å². The summed E-state index contributed by atoms with van der Waals surface area (Å²) in [6.07, 6.45) is 1.74. The number of ether oxygens (including phenoxy) is 2. The number of benzene rings is 1. The minimum atomic E-state index is 0. The van der Waals surface area contributed by atoms with E-state index in [1.54, 1.807) is 0 Å². The third-order valence-corrected chi connectivity index (χ3v) is 3.80. The highest BCUT2D eigenvalue weighted by Gasteiger charge is 2.44. The zero-order chi connectivity index (χ0) is 13.9. The van der Waals surface area contributed by atoms with Gasteiger partial charge in [0.1, 0.15) is 13.2 Å². The van der Waals surface area contributed by atoms with Crippen LogP contribution in [0, 0.1) is 5.92 Å². The van der Waals surface area contributed by atoms with Crippen LogP contribution in [0.5, 0.6) is 11.5 Å². The van der Waals surface area contributed by atoms with Crippen molar-refractivity contribution in [3.8, 4) is 11.5 Å². The maximum absolute atomic E-state index is 11.9. The second kappa shape index (κ2) is 7.00. The van der Waals surface area contributed by atoms with Gasteiger partial charge in [-0.1, -0.05) is 6.07 Å². The second-order valence-corrected chi connectivity index (χ2v) is 5.29. The molecule has 3 rings (SSSR count). The lowest BCUT2D eigenvalue weighted by Gasteiger charge is -2.18. The lowest BCUT2D eigenvalue weighted by Crippen LogP contribution is -2.27. The molecule has 2 aliphatic rings. The molecular weight excluding hydrogens is 292 g/mol. The maximum atomic E-state index is 11.9. The zero-order valence-electron chi connectivity index (χ0n) is 11.8. The lowest BCUT2D eigenvalue weighted by atomic mass is 10.1. The summed E-state index contributed by atoms with van der Waals surface area (Å²) in [6, 6.07) is 5.98. The molecule has 1 heterocycles. The average molecular weight is 313 g/mol. The summed E-state index contributed by atoms with van der Waals surface area (Å²) in [4.78, 5) is 11.9. The molecule has 0 radical (unpaired) electrons. The van der Waals surface area contributed by atoms with E-state index in [2.05, 4.69) is 5.32 Å². The van der Waals surface area contributed by atoms with Gasteiger partial charge in [-0.3, -0.25) is 4.79 Å². The number of nitrogens with one attached hydrogen (secondary N) is 1. The predicted molar refractivity (Wildman–Crippen MR) is 82.2 cm³/mol. The van der Waals surface area contributed by atoms with Gasteiger partial charge in [0, 0.05) is 12.5 Å². The smallest absolute Gasteiger partial charge is 0.223 e. The first-order valence-electron chi connectivity index (χ1n) is 7.17. The van der Waals surface area contributed by atoms with Gasteiger partial charge >= 0.3 is 0 Å². The van der Waals surface area contributed by atoms with Crippen molar-refractivity contribution in [3.63, 3.8) is 0 Å². The van der Waals surface area contributed by atoms with E-state index in [1.807, 2.05) is 18.2 Å². The molecule has 1 fully saturated rings. The fourth-order valence-electron chi connectivity index (χ4n) is 2.59. The number of fused-ring (bicyclic) bond motifs is 1. The fourth-order valence-corrected chi connectivity index (χ4v) is 2.59. The van der Waals surface area contributed by atoms with Crippen LogP contribution in [-0.2, 0) is 4.79 Å². The van der Waals surface area contributed by atoms with Crippen LogP contribution in [0.15, 0.2) is 18.2 Å². The summed E-state index contributed by atoms with van der Waals surface area (Å²) in [7, 11) is 0. The quantitative estimate of drug-likeness (QED) is 0.807. The van der Waals surface area contributed by atoms with Crippen molar-refractivity contribution >= 4 is 18.3 Å². The van der Waals surface area contributed by atoms with Crippen molar-refractivity contribution in [2.45, 2.75) is 18.8 Å². The Balaban J connectivity index is 0.00000161. The number of nitrogens with two attached hydrogens (primary N) is 1. The number of rotatable bonds is 5. The molecule has 3 N–H and O–H groups in total. The Morgan fingerprint density at radius 3 is 2.81 bits per heavy atom. The van der Waals surface area contributed by atoms with E-state index >= 15 is 0 Å². The molecule has 1 aromatic rings. The maximum Gasteiger partial charge on any atom is 0.223 e. The first-order chi connectivity index (χ1) is 9.79. The van der Waals surface area contributed by atoms with Gasteiger partial charge in [0.05, 0.1) is 0 Å². The Morgan fingerprint density at radius 2 is 2.05 bits per heavy atom. The lowest BCUT2D eigenvalue weighted by molar-refractivity contribution is -0.122. The van der Waals surface area contributed by atoms with Gasteiger partial charge in [0.2, 0.25) is 5.91 Å². The van der Waals surface area contributed by atoms with Gasteiger partial charge in [-0.2, -0.15) is 0 Å². The molecular formula is C15H21ClN2O3.